The summed E-state index contributed by atoms with van der Waals surface area (Å²) >= 11 is 0. The number of fused-ring (bicyclic) bond motifs is 2. The Morgan fingerprint density at radius 2 is 0.421 bits per heavy atom. The molecule has 11 aromatic carbocycles. The summed E-state index contributed by atoms with van der Waals surface area (Å²) in [6, 6.07) is 101. The highest BCUT2D eigenvalue weighted by Gasteiger charge is 2.20. The molecule has 0 aliphatic rings. The molecule has 0 bridgehead atoms. The number of nitrogens with zero attached hydrogens (tertiary/aromatic N) is 4. The van der Waals surface area contributed by atoms with Crippen LogP contribution in [-0.4, -0.2) is 9.97 Å². The van der Waals surface area contributed by atoms with E-state index in [1.165, 1.54) is 66.1 Å². The quantitative estimate of drug-likeness (QED) is 0.114. The zero-order chi connectivity index (χ0) is 50.6. The van der Waals surface area contributed by atoms with Crippen molar-refractivity contribution in [3.63, 3.8) is 0 Å². The predicted octanol–water partition coefficient (Wildman–Crippen LogP) is 19.7. The molecular weight excluding hydrogens is 921 g/mol. The maximum absolute atomic E-state index is 4.34. The first-order valence-electron chi connectivity index (χ1n) is 25.8. The Kier molecular flexibility index (Phi) is 12.3. The number of aromatic nitrogens is 2. The van der Waals surface area contributed by atoms with Gasteiger partial charge in [-0.1, -0.05) is 194 Å². The summed E-state index contributed by atoms with van der Waals surface area (Å²) in [6.07, 6.45) is 7.41. The predicted molar refractivity (Wildman–Crippen MR) is 319 cm³/mol. The molecule has 2 aromatic heterocycles. The van der Waals surface area contributed by atoms with Crippen molar-refractivity contribution in [1.29, 1.82) is 0 Å². The van der Waals surface area contributed by atoms with E-state index >= 15 is 0 Å². The highest BCUT2D eigenvalue weighted by molar-refractivity contribution is 6.22. The lowest BCUT2D eigenvalue weighted by Gasteiger charge is -2.26. The summed E-state index contributed by atoms with van der Waals surface area (Å²) in [5, 5.41) is 4.83. The summed E-state index contributed by atoms with van der Waals surface area (Å²) in [5.41, 5.74) is 20.5. The maximum Gasteiger partial charge on any atom is 0.0492 e. The second kappa shape index (κ2) is 20.4. The van der Waals surface area contributed by atoms with Crippen molar-refractivity contribution in [2.75, 3.05) is 9.80 Å². The molecule has 0 aliphatic heterocycles. The molecule has 13 rings (SSSR count). The van der Waals surface area contributed by atoms with Crippen LogP contribution in [0.25, 0.3) is 88.3 Å². The minimum Gasteiger partial charge on any atom is -0.310 e. The van der Waals surface area contributed by atoms with E-state index in [2.05, 4.69) is 299 Å². The van der Waals surface area contributed by atoms with Crippen LogP contribution in [0.2, 0.25) is 0 Å². The van der Waals surface area contributed by atoms with Gasteiger partial charge in [0.2, 0.25) is 0 Å². The molecule has 13 aromatic rings. The lowest BCUT2D eigenvalue weighted by Crippen LogP contribution is -2.09. The van der Waals surface area contributed by atoms with Crippen molar-refractivity contribution in [3.05, 3.63) is 304 Å². The van der Waals surface area contributed by atoms with Crippen molar-refractivity contribution in [2.24, 2.45) is 0 Å². The molecule has 0 saturated carbocycles. The van der Waals surface area contributed by atoms with Crippen LogP contribution in [0, 0.1) is 0 Å². The van der Waals surface area contributed by atoms with E-state index in [9.17, 15) is 0 Å². The first-order valence-corrected chi connectivity index (χ1v) is 25.8. The third kappa shape index (κ3) is 8.95. The number of hydrogen-bond acceptors (Lipinski definition) is 4. The average molecular weight is 971 g/mol. The topological polar surface area (TPSA) is 32.3 Å². The van der Waals surface area contributed by atoms with Crippen LogP contribution in [-0.2, 0) is 0 Å². The van der Waals surface area contributed by atoms with Gasteiger partial charge in [-0.15, -0.1) is 0 Å². The molecule has 0 radical (unpaired) electrons. The van der Waals surface area contributed by atoms with Crippen LogP contribution < -0.4 is 9.80 Å². The third-order valence-electron chi connectivity index (χ3n) is 14.5. The number of rotatable bonds is 12. The molecule has 358 valence electrons. The first-order chi connectivity index (χ1) is 37.7. The van der Waals surface area contributed by atoms with Crippen molar-refractivity contribution in [3.8, 4) is 66.8 Å². The monoisotopic (exact) mass is 970 g/mol. The van der Waals surface area contributed by atoms with Crippen molar-refractivity contribution in [2.45, 2.75) is 0 Å². The molecule has 76 heavy (non-hydrogen) atoms. The van der Waals surface area contributed by atoms with Gasteiger partial charge in [0, 0.05) is 58.9 Å². The SMILES string of the molecule is c1ccc(-c2ccc(N(c3ccncc3)c3ccc(-c4ccc5c(-c6ccccc6)c6cc(-c7ccc(N(c8ccncc8)c8ccc(-c9ccccc9)cc8)cc7)ccc6c(-c6ccccc6)c5c4)cc3)cc2)cc1. The molecule has 0 atom stereocenters. The molecule has 0 aliphatic carbocycles. The Labute approximate surface area is 443 Å². The zero-order valence-corrected chi connectivity index (χ0v) is 41.7. The fourth-order valence-electron chi connectivity index (χ4n) is 10.8. The number of benzene rings is 11. The molecule has 0 N–H and O–H groups in total. The minimum absolute atomic E-state index is 1.04. The smallest absolute Gasteiger partial charge is 0.0492 e. The average Bonchev–Trinajstić information content (AvgIpc) is 3.53. The van der Waals surface area contributed by atoms with Crippen LogP contribution in [0.3, 0.4) is 0 Å². The highest BCUT2D eigenvalue weighted by atomic mass is 15.1. The Morgan fingerprint density at radius 3 is 0.724 bits per heavy atom. The summed E-state index contributed by atoms with van der Waals surface area (Å²) in [7, 11) is 0. The Morgan fingerprint density at radius 1 is 0.184 bits per heavy atom. The van der Waals surface area contributed by atoms with E-state index in [0.29, 0.717) is 0 Å². The zero-order valence-electron chi connectivity index (χ0n) is 41.7. The van der Waals surface area contributed by atoms with Gasteiger partial charge in [-0.05, 0) is 173 Å². The van der Waals surface area contributed by atoms with E-state index in [1.54, 1.807) is 0 Å². The van der Waals surface area contributed by atoms with Crippen molar-refractivity contribution >= 4 is 55.7 Å². The summed E-state index contributed by atoms with van der Waals surface area (Å²) in [6.45, 7) is 0. The van der Waals surface area contributed by atoms with Gasteiger partial charge in [0.15, 0.2) is 0 Å². The van der Waals surface area contributed by atoms with Crippen LogP contribution in [0.1, 0.15) is 0 Å². The van der Waals surface area contributed by atoms with Crippen LogP contribution in [0.4, 0.5) is 34.1 Å². The van der Waals surface area contributed by atoms with Crippen molar-refractivity contribution < 1.29 is 0 Å². The molecule has 0 amide bonds. The Bertz CT molecular complexity index is 3810. The maximum atomic E-state index is 4.34. The standard InChI is InChI=1S/C72H50N4/c1-5-13-51(14-6-1)53-21-31-61(32-22-53)75(65-41-45-73-46-42-65)63-35-25-55(26-36-63)59-29-39-67-69(49-59)71(57-17-9-3-10-18-57)68-40-30-60(50-70(68)72(67)58-19-11-4-12-20-58)56-27-37-64(38-28-56)76(66-43-47-74-48-44-66)62-33-23-54(24-34-62)52-15-7-2-8-16-52/h1-50H. The molecule has 4 nitrogen and oxygen atoms in total. The minimum atomic E-state index is 1.04. The van der Waals surface area contributed by atoms with E-state index in [4.69, 9.17) is 0 Å². The second-order valence-electron chi connectivity index (χ2n) is 19.0. The lowest BCUT2D eigenvalue weighted by atomic mass is 9.84. The molecule has 2 heterocycles. The second-order valence-corrected chi connectivity index (χ2v) is 19.0. The van der Waals surface area contributed by atoms with E-state index < -0.39 is 0 Å². The van der Waals surface area contributed by atoms with Gasteiger partial charge in [0.25, 0.3) is 0 Å². The highest BCUT2D eigenvalue weighted by Crippen LogP contribution is 2.47. The fraction of sp³-hybridized carbons (Fsp3) is 0. The fourth-order valence-corrected chi connectivity index (χ4v) is 10.8. The van der Waals surface area contributed by atoms with Crippen LogP contribution in [0.5, 0.6) is 0 Å². The number of pyridine rings is 2. The largest absolute Gasteiger partial charge is 0.310 e. The molecular formula is C72H50N4. The van der Waals surface area contributed by atoms with E-state index in [1.807, 2.05) is 24.8 Å². The Hall–Kier alpha value is -10.2. The van der Waals surface area contributed by atoms with Gasteiger partial charge in [-0.3, -0.25) is 9.97 Å². The first kappa shape index (κ1) is 45.7. The van der Waals surface area contributed by atoms with E-state index in [-0.39, 0.29) is 0 Å². The van der Waals surface area contributed by atoms with Gasteiger partial charge in [0.05, 0.1) is 0 Å². The van der Waals surface area contributed by atoms with E-state index in [0.717, 1.165) is 56.4 Å². The molecule has 0 spiro atoms. The summed E-state index contributed by atoms with van der Waals surface area (Å²) in [5.74, 6) is 0. The van der Waals surface area contributed by atoms with Gasteiger partial charge < -0.3 is 9.80 Å². The summed E-state index contributed by atoms with van der Waals surface area (Å²) < 4.78 is 0. The normalized spacial score (nSPS) is 11.2. The van der Waals surface area contributed by atoms with Crippen molar-refractivity contribution in [1.82, 2.24) is 9.97 Å². The lowest BCUT2D eigenvalue weighted by molar-refractivity contribution is 1.24. The molecule has 4 heteroatoms. The third-order valence-corrected chi connectivity index (χ3v) is 14.5. The number of hydrogen-bond donors (Lipinski definition) is 0. The van der Waals surface area contributed by atoms with Gasteiger partial charge in [-0.25, -0.2) is 0 Å². The van der Waals surface area contributed by atoms with Crippen LogP contribution >= 0.6 is 0 Å². The molecule has 0 saturated heterocycles. The Balaban J connectivity index is 0.897. The van der Waals surface area contributed by atoms with Crippen LogP contribution in [0.15, 0.2) is 304 Å². The molecule has 0 fully saturated rings. The van der Waals surface area contributed by atoms with Gasteiger partial charge in [0.1, 0.15) is 0 Å². The van der Waals surface area contributed by atoms with Gasteiger partial charge in [-0.2, -0.15) is 0 Å². The summed E-state index contributed by atoms with van der Waals surface area (Å²) in [4.78, 5) is 13.3. The van der Waals surface area contributed by atoms with Gasteiger partial charge >= 0.3 is 0 Å². The number of anilines is 6. The molecule has 0 unspecified atom stereocenters.